The van der Waals surface area contributed by atoms with E-state index >= 15 is 0 Å². The number of hydrogen-bond acceptors (Lipinski definition) is 8. The number of phenols is 2. The zero-order valence-electron chi connectivity index (χ0n) is 26.7. The van der Waals surface area contributed by atoms with E-state index in [1.807, 2.05) is 18.2 Å². The molecular weight excluding hydrogens is 628 g/mol. The van der Waals surface area contributed by atoms with Crippen LogP contribution in [0.1, 0.15) is 49.8 Å². The van der Waals surface area contributed by atoms with E-state index < -0.39 is 29.0 Å². The molecule has 11 nitrogen and oxygen atoms in total. The van der Waals surface area contributed by atoms with Crippen molar-refractivity contribution in [3.8, 4) is 11.5 Å². The first-order valence-corrected chi connectivity index (χ1v) is 15.3. The van der Waals surface area contributed by atoms with Crippen LogP contribution in [0.4, 0.5) is 0 Å². The molecule has 0 radical (unpaired) electrons. The molecule has 0 bridgehead atoms. The summed E-state index contributed by atoms with van der Waals surface area (Å²) in [4.78, 5) is 32.3. The summed E-state index contributed by atoms with van der Waals surface area (Å²) in [6, 6.07) is 23.2. The molecule has 254 valence electrons. The fraction of sp³-hybridized carbons (Fsp3) is 0.343. The van der Waals surface area contributed by atoms with Crippen LogP contribution in [-0.2, 0) is 31.1 Å². The van der Waals surface area contributed by atoms with Gasteiger partial charge in [0.1, 0.15) is 11.1 Å². The zero-order valence-corrected chi connectivity index (χ0v) is 27.4. The molecule has 1 heterocycles. The lowest BCUT2D eigenvalue weighted by Crippen LogP contribution is -2.46. The van der Waals surface area contributed by atoms with Gasteiger partial charge in [0.2, 0.25) is 0 Å². The third-order valence-electron chi connectivity index (χ3n) is 7.70. The topological polar surface area (TPSA) is 191 Å². The molecule has 4 rings (SSSR count). The van der Waals surface area contributed by atoms with Crippen LogP contribution in [0.3, 0.4) is 0 Å². The standard InChI is InChI=1S/C21H26ClNO.C10H13NO4.C4H4O4/c1-21(17-7-4-3-5-8-17,18-10-12-19(22)13-11-18)24-16-14-20-9-6-15-23(20)2;1-10(11,9(14)15)5-6-2-3-7(12)8(13)4-6;5-3(6)1-2-4(7)8/h3-5,7-8,10-13,20H,6,9,14-16H2,1-2H3;2-4,12-13H,5,11H2,1H3,(H,14,15);1-2H,(H,5,6)(H,7,8). The summed E-state index contributed by atoms with van der Waals surface area (Å²) in [5.74, 6) is -4.16. The molecule has 1 aliphatic heterocycles. The van der Waals surface area contributed by atoms with Crippen LogP contribution in [-0.4, -0.2) is 80.1 Å². The highest BCUT2D eigenvalue weighted by molar-refractivity contribution is 6.30. The Balaban J connectivity index is 0.000000285. The number of aromatic hydroxyl groups is 2. The third-order valence-corrected chi connectivity index (χ3v) is 7.95. The summed E-state index contributed by atoms with van der Waals surface area (Å²) in [6.07, 6.45) is 4.85. The minimum absolute atomic E-state index is 0.0795. The maximum atomic E-state index is 10.7. The number of nitrogens with two attached hydrogens (primary N) is 1. The number of rotatable bonds is 11. The van der Waals surface area contributed by atoms with Crippen molar-refractivity contribution in [3.05, 3.63) is 107 Å². The van der Waals surface area contributed by atoms with Crippen molar-refractivity contribution in [2.75, 3.05) is 20.2 Å². The average Bonchev–Trinajstić information content (AvgIpc) is 3.43. The Morgan fingerprint density at radius 3 is 1.98 bits per heavy atom. The predicted molar refractivity (Wildman–Crippen MR) is 179 cm³/mol. The van der Waals surface area contributed by atoms with Crippen LogP contribution in [0.15, 0.2) is 84.9 Å². The smallest absolute Gasteiger partial charge is 0.328 e. The first-order valence-electron chi connectivity index (χ1n) is 14.9. The average molecular weight is 671 g/mol. The van der Waals surface area contributed by atoms with E-state index in [4.69, 9.17) is 42.5 Å². The Bertz CT molecular complexity index is 1480. The van der Waals surface area contributed by atoms with Gasteiger partial charge in [0.25, 0.3) is 0 Å². The van der Waals surface area contributed by atoms with Gasteiger partial charge in [-0.25, -0.2) is 9.59 Å². The molecule has 0 aromatic heterocycles. The fourth-order valence-corrected chi connectivity index (χ4v) is 5.05. The molecule has 3 unspecified atom stereocenters. The predicted octanol–water partition coefficient (Wildman–Crippen LogP) is 5.26. The number of hydrogen-bond donors (Lipinski definition) is 6. The van der Waals surface area contributed by atoms with Crippen LogP contribution in [0.5, 0.6) is 11.5 Å². The van der Waals surface area contributed by atoms with Crippen LogP contribution >= 0.6 is 11.6 Å². The molecule has 7 N–H and O–H groups in total. The normalized spacial score (nSPS) is 16.9. The summed E-state index contributed by atoms with van der Waals surface area (Å²) in [7, 11) is 2.22. The van der Waals surface area contributed by atoms with Gasteiger partial charge in [-0.05, 0) is 87.7 Å². The molecule has 0 aliphatic carbocycles. The van der Waals surface area contributed by atoms with Gasteiger partial charge in [0.15, 0.2) is 11.5 Å². The number of nitrogens with zero attached hydrogens (tertiary/aromatic N) is 1. The molecule has 0 amide bonds. The Morgan fingerprint density at radius 2 is 1.49 bits per heavy atom. The minimum atomic E-state index is -1.39. The number of carboxylic acids is 3. The first kappa shape index (κ1) is 38.8. The van der Waals surface area contributed by atoms with E-state index in [0.29, 0.717) is 23.8 Å². The van der Waals surface area contributed by atoms with Gasteiger partial charge in [0.05, 0.1) is 0 Å². The van der Waals surface area contributed by atoms with E-state index in [1.165, 1.54) is 50.1 Å². The maximum Gasteiger partial charge on any atom is 0.328 e. The molecule has 3 atom stereocenters. The van der Waals surface area contributed by atoms with Crippen LogP contribution < -0.4 is 5.73 Å². The van der Waals surface area contributed by atoms with Crippen LogP contribution in [0.2, 0.25) is 5.02 Å². The van der Waals surface area contributed by atoms with Crippen molar-refractivity contribution in [1.82, 2.24) is 4.90 Å². The number of carbonyl (C=O) groups is 3. The number of likely N-dealkylation sites (tertiary alicyclic amines) is 1. The first-order chi connectivity index (χ1) is 22.0. The molecule has 3 aromatic rings. The third kappa shape index (κ3) is 12.7. The highest BCUT2D eigenvalue weighted by Crippen LogP contribution is 2.34. The van der Waals surface area contributed by atoms with Crippen LogP contribution in [0.25, 0.3) is 0 Å². The minimum Gasteiger partial charge on any atom is -0.504 e. The van der Waals surface area contributed by atoms with Crippen molar-refractivity contribution in [2.45, 2.75) is 56.7 Å². The van der Waals surface area contributed by atoms with Gasteiger partial charge >= 0.3 is 17.9 Å². The Kier molecular flexibility index (Phi) is 14.9. The van der Waals surface area contributed by atoms with E-state index in [-0.39, 0.29) is 17.9 Å². The monoisotopic (exact) mass is 670 g/mol. The molecule has 12 heteroatoms. The van der Waals surface area contributed by atoms with Crippen molar-refractivity contribution >= 4 is 29.5 Å². The molecule has 1 aliphatic rings. The van der Waals surface area contributed by atoms with Gasteiger partial charge in [-0.2, -0.15) is 0 Å². The molecular formula is C35H43ClN2O9. The van der Waals surface area contributed by atoms with E-state index in [0.717, 1.165) is 23.6 Å². The number of aliphatic carboxylic acids is 3. The van der Waals surface area contributed by atoms with E-state index in [2.05, 4.69) is 55.3 Å². The van der Waals surface area contributed by atoms with Gasteiger partial charge in [0, 0.05) is 36.2 Å². The summed E-state index contributed by atoms with van der Waals surface area (Å²) in [5, 5.41) is 43.4. The summed E-state index contributed by atoms with van der Waals surface area (Å²) in [5.41, 5.74) is 6.56. The van der Waals surface area contributed by atoms with Crippen molar-refractivity contribution < 1.29 is 44.7 Å². The summed E-state index contributed by atoms with van der Waals surface area (Å²) < 4.78 is 6.48. The Labute approximate surface area is 279 Å². The largest absolute Gasteiger partial charge is 0.504 e. The lowest BCUT2D eigenvalue weighted by molar-refractivity contribution is -0.142. The number of phenolic OH excluding ortho intramolecular Hbond substituents is 2. The lowest BCUT2D eigenvalue weighted by Gasteiger charge is -2.32. The number of ether oxygens (including phenoxy) is 1. The summed E-state index contributed by atoms with van der Waals surface area (Å²) >= 11 is 6.07. The lowest BCUT2D eigenvalue weighted by atomic mass is 9.88. The molecule has 0 saturated carbocycles. The SMILES string of the molecule is CC(N)(Cc1ccc(O)c(O)c1)C(=O)O.CN1CCCC1CCOC(C)(c1ccccc1)c1ccc(Cl)cc1.O=C(O)C=CC(=O)O. The number of carboxylic acid groups (broad SMARTS) is 3. The Hall–Kier alpha value is -4.42. The van der Waals surface area contributed by atoms with Gasteiger partial charge < -0.3 is 40.9 Å². The number of benzene rings is 3. The molecule has 47 heavy (non-hydrogen) atoms. The van der Waals surface area contributed by atoms with Crippen molar-refractivity contribution in [1.29, 1.82) is 0 Å². The van der Waals surface area contributed by atoms with Gasteiger partial charge in [-0.3, -0.25) is 4.79 Å². The summed E-state index contributed by atoms with van der Waals surface area (Å²) in [6.45, 7) is 5.50. The fourth-order valence-electron chi connectivity index (χ4n) is 4.92. The van der Waals surface area contributed by atoms with Crippen molar-refractivity contribution in [3.63, 3.8) is 0 Å². The second-order valence-corrected chi connectivity index (χ2v) is 12.0. The molecule has 1 saturated heterocycles. The van der Waals surface area contributed by atoms with Crippen molar-refractivity contribution in [2.24, 2.45) is 5.73 Å². The number of halogens is 1. The van der Waals surface area contributed by atoms with E-state index in [9.17, 15) is 19.5 Å². The highest BCUT2D eigenvalue weighted by atomic mass is 35.5. The molecule has 0 spiro atoms. The quantitative estimate of drug-likeness (QED) is 0.115. The maximum absolute atomic E-state index is 10.7. The second-order valence-electron chi connectivity index (χ2n) is 11.6. The highest BCUT2D eigenvalue weighted by Gasteiger charge is 2.31. The molecule has 3 aromatic carbocycles. The Morgan fingerprint density at radius 1 is 0.915 bits per heavy atom. The molecule has 1 fully saturated rings. The van der Waals surface area contributed by atoms with E-state index in [1.54, 1.807) is 0 Å². The van der Waals surface area contributed by atoms with Gasteiger partial charge in [-0.15, -0.1) is 0 Å². The van der Waals surface area contributed by atoms with Crippen LogP contribution in [0, 0.1) is 0 Å². The zero-order chi connectivity index (χ0) is 35.2. The van der Waals surface area contributed by atoms with Gasteiger partial charge in [-0.1, -0.05) is 60.1 Å². The second kappa shape index (κ2) is 18.1.